The topological polar surface area (TPSA) is 110 Å². The zero-order valence-corrected chi connectivity index (χ0v) is 14.5. The minimum atomic E-state index is -0.00223. The molecule has 3 aromatic rings. The maximum absolute atomic E-state index is 8.80. The van der Waals surface area contributed by atoms with E-state index in [-0.39, 0.29) is 5.57 Å². The highest BCUT2D eigenvalue weighted by molar-refractivity contribution is 5.67. The van der Waals surface area contributed by atoms with E-state index in [1.807, 2.05) is 43.3 Å². The van der Waals surface area contributed by atoms with E-state index in [1.54, 1.807) is 30.7 Å². The summed E-state index contributed by atoms with van der Waals surface area (Å²) in [5.74, 6) is 0.460. The Labute approximate surface area is 156 Å². The van der Waals surface area contributed by atoms with Gasteiger partial charge in [0.1, 0.15) is 17.7 Å². The molecule has 0 spiro atoms. The van der Waals surface area contributed by atoms with Gasteiger partial charge in [0, 0.05) is 41.7 Å². The van der Waals surface area contributed by atoms with Crippen LogP contribution in [0.25, 0.3) is 11.3 Å². The number of rotatable bonds is 5. The molecule has 0 saturated heterocycles. The number of nitriles is 2. The fourth-order valence-corrected chi connectivity index (χ4v) is 2.31. The Morgan fingerprint density at radius 2 is 1.96 bits per heavy atom. The molecule has 3 rings (SSSR count). The Kier molecular flexibility index (Phi) is 5.36. The molecule has 0 radical (unpaired) electrons. The molecule has 27 heavy (non-hydrogen) atoms. The Bertz CT molecular complexity index is 1040. The first-order chi connectivity index (χ1) is 13.2. The van der Waals surface area contributed by atoms with Gasteiger partial charge in [-0.3, -0.25) is 4.98 Å². The minimum Gasteiger partial charge on any atom is -0.360 e. The fourth-order valence-electron chi connectivity index (χ4n) is 2.31. The summed E-state index contributed by atoms with van der Waals surface area (Å²) in [6, 6.07) is 14.9. The number of benzene rings is 1. The second-order valence-electron chi connectivity index (χ2n) is 5.59. The molecule has 2 aromatic heterocycles. The van der Waals surface area contributed by atoms with Crippen LogP contribution in [0.3, 0.4) is 0 Å². The van der Waals surface area contributed by atoms with E-state index < -0.39 is 0 Å². The van der Waals surface area contributed by atoms with Crippen LogP contribution in [-0.2, 0) is 0 Å². The molecular formula is C20H15N7. The zero-order valence-electron chi connectivity index (χ0n) is 14.5. The maximum atomic E-state index is 8.80. The van der Waals surface area contributed by atoms with Crippen molar-refractivity contribution in [1.29, 1.82) is 10.5 Å². The van der Waals surface area contributed by atoms with Gasteiger partial charge in [-0.05, 0) is 42.8 Å². The van der Waals surface area contributed by atoms with E-state index in [1.165, 1.54) is 6.20 Å². The maximum Gasteiger partial charge on any atom is 0.227 e. The van der Waals surface area contributed by atoms with Gasteiger partial charge in [-0.1, -0.05) is 6.07 Å². The molecule has 0 aliphatic carbocycles. The van der Waals surface area contributed by atoms with Gasteiger partial charge < -0.3 is 10.6 Å². The number of hydrogen-bond donors (Lipinski definition) is 2. The number of nitrogens with zero attached hydrogens (tertiary/aromatic N) is 5. The van der Waals surface area contributed by atoms with Gasteiger partial charge in [-0.15, -0.1) is 0 Å². The van der Waals surface area contributed by atoms with Crippen molar-refractivity contribution in [2.45, 2.75) is 6.92 Å². The van der Waals surface area contributed by atoms with Crippen molar-refractivity contribution in [2.75, 3.05) is 10.6 Å². The lowest BCUT2D eigenvalue weighted by Gasteiger charge is -2.11. The average Bonchev–Trinajstić information content (AvgIpc) is 2.72. The Morgan fingerprint density at radius 1 is 1.11 bits per heavy atom. The smallest absolute Gasteiger partial charge is 0.227 e. The van der Waals surface area contributed by atoms with Crippen molar-refractivity contribution < 1.29 is 0 Å². The molecule has 2 heterocycles. The first-order valence-corrected chi connectivity index (χ1v) is 8.07. The summed E-state index contributed by atoms with van der Waals surface area (Å²) < 4.78 is 0. The average molecular weight is 353 g/mol. The second kappa shape index (κ2) is 8.24. The van der Waals surface area contributed by atoms with Gasteiger partial charge in [-0.2, -0.15) is 10.5 Å². The standard InChI is InChI=1S/C20H15N7/c1-14-4-5-17(25-12-15(10-21)11-22)9-19(14)27-20-24-8-6-18(26-20)16-3-2-7-23-13-16/h2-9,12-13,25H,1H3,(H,24,26,27). The first kappa shape index (κ1) is 17.6. The molecule has 7 nitrogen and oxygen atoms in total. The van der Waals surface area contributed by atoms with E-state index in [0.29, 0.717) is 5.95 Å². The minimum absolute atomic E-state index is 0.00223. The predicted molar refractivity (Wildman–Crippen MR) is 103 cm³/mol. The van der Waals surface area contributed by atoms with Gasteiger partial charge >= 0.3 is 0 Å². The first-order valence-electron chi connectivity index (χ1n) is 8.07. The molecule has 1 aromatic carbocycles. The number of nitrogens with one attached hydrogen (secondary N) is 2. The number of anilines is 3. The third-order valence-corrected chi connectivity index (χ3v) is 3.72. The fraction of sp³-hybridized carbons (Fsp3) is 0.0500. The predicted octanol–water partition coefficient (Wildman–Crippen LogP) is 3.93. The summed E-state index contributed by atoms with van der Waals surface area (Å²) in [7, 11) is 0. The Hall–Kier alpha value is -4.23. The molecule has 130 valence electrons. The molecule has 0 amide bonds. The van der Waals surface area contributed by atoms with Crippen LogP contribution in [0.4, 0.5) is 17.3 Å². The van der Waals surface area contributed by atoms with Crippen LogP contribution in [-0.4, -0.2) is 15.0 Å². The molecule has 0 bridgehead atoms. The van der Waals surface area contributed by atoms with Gasteiger partial charge in [0.15, 0.2) is 0 Å². The van der Waals surface area contributed by atoms with Crippen molar-refractivity contribution >= 4 is 17.3 Å². The zero-order chi connectivity index (χ0) is 19.1. The molecule has 0 aliphatic rings. The molecule has 0 fully saturated rings. The van der Waals surface area contributed by atoms with Crippen LogP contribution >= 0.6 is 0 Å². The van der Waals surface area contributed by atoms with Crippen LogP contribution in [0.5, 0.6) is 0 Å². The molecule has 0 atom stereocenters. The number of pyridine rings is 1. The normalized spacial score (nSPS) is 9.59. The van der Waals surface area contributed by atoms with Crippen LogP contribution in [0, 0.1) is 29.6 Å². The number of aryl methyl sites for hydroxylation is 1. The van der Waals surface area contributed by atoms with E-state index >= 15 is 0 Å². The van der Waals surface area contributed by atoms with Crippen LogP contribution in [0.1, 0.15) is 5.56 Å². The van der Waals surface area contributed by atoms with Crippen molar-refractivity contribution in [3.8, 4) is 23.4 Å². The third-order valence-electron chi connectivity index (χ3n) is 3.72. The van der Waals surface area contributed by atoms with Crippen molar-refractivity contribution in [3.05, 3.63) is 72.3 Å². The molecular weight excluding hydrogens is 338 g/mol. The molecule has 0 unspecified atom stereocenters. The number of aromatic nitrogens is 3. The van der Waals surface area contributed by atoms with Gasteiger partial charge in [0.25, 0.3) is 0 Å². The van der Waals surface area contributed by atoms with Gasteiger partial charge in [0.2, 0.25) is 5.95 Å². The quantitative estimate of drug-likeness (QED) is 0.668. The summed E-state index contributed by atoms with van der Waals surface area (Å²) in [5, 5.41) is 23.8. The van der Waals surface area contributed by atoms with Crippen molar-refractivity contribution in [1.82, 2.24) is 15.0 Å². The molecule has 0 aliphatic heterocycles. The Morgan fingerprint density at radius 3 is 2.70 bits per heavy atom. The molecule has 0 saturated carbocycles. The number of hydrogen-bond acceptors (Lipinski definition) is 7. The summed E-state index contributed by atoms with van der Waals surface area (Å²) in [4.78, 5) is 12.9. The lowest BCUT2D eigenvalue weighted by molar-refractivity contribution is 1.16. The summed E-state index contributed by atoms with van der Waals surface area (Å²) in [6.07, 6.45) is 6.51. The summed E-state index contributed by atoms with van der Waals surface area (Å²) in [6.45, 7) is 1.96. The monoisotopic (exact) mass is 353 g/mol. The lowest BCUT2D eigenvalue weighted by Crippen LogP contribution is -2.00. The Balaban J connectivity index is 1.84. The van der Waals surface area contributed by atoms with Crippen molar-refractivity contribution in [3.63, 3.8) is 0 Å². The third kappa shape index (κ3) is 4.44. The highest BCUT2D eigenvalue weighted by Crippen LogP contribution is 2.24. The highest BCUT2D eigenvalue weighted by Gasteiger charge is 2.06. The van der Waals surface area contributed by atoms with E-state index in [0.717, 1.165) is 28.2 Å². The van der Waals surface area contributed by atoms with E-state index in [2.05, 4.69) is 25.6 Å². The number of allylic oxidation sites excluding steroid dienone is 1. The van der Waals surface area contributed by atoms with E-state index in [4.69, 9.17) is 10.5 Å². The lowest BCUT2D eigenvalue weighted by atomic mass is 10.2. The van der Waals surface area contributed by atoms with E-state index in [9.17, 15) is 0 Å². The second-order valence-corrected chi connectivity index (χ2v) is 5.59. The van der Waals surface area contributed by atoms with Crippen LogP contribution in [0.15, 0.2) is 66.8 Å². The van der Waals surface area contributed by atoms with Crippen molar-refractivity contribution in [2.24, 2.45) is 0 Å². The summed E-state index contributed by atoms with van der Waals surface area (Å²) in [5.41, 5.74) is 4.21. The highest BCUT2D eigenvalue weighted by atomic mass is 15.1. The van der Waals surface area contributed by atoms with Gasteiger partial charge in [0.05, 0.1) is 5.69 Å². The SMILES string of the molecule is Cc1ccc(NC=C(C#N)C#N)cc1Nc1nccc(-c2cccnc2)n1. The van der Waals surface area contributed by atoms with Crippen LogP contribution < -0.4 is 10.6 Å². The van der Waals surface area contributed by atoms with Gasteiger partial charge in [-0.25, -0.2) is 9.97 Å². The molecule has 7 heteroatoms. The van der Waals surface area contributed by atoms with Crippen LogP contribution in [0.2, 0.25) is 0 Å². The largest absolute Gasteiger partial charge is 0.360 e. The molecule has 2 N–H and O–H groups in total. The summed E-state index contributed by atoms with van der Waals surface area (Å²) >= 11 is 0.